The topological polar surface area (TPSA) is 54.2 Å². The van der Waals surface area contributed by atoms with Crippen molar-refractivity contribution in [3.05, 3.63) is 52.3 Å². The number of nitrogens with zero attached hydrogens (tertiary/aromatic N) is 3. The van der Waals surface area contributed by atoms with E-state index >= 15 is 0 Å². The molecule has 1 aromatic heterocycles. The summed E-state index contributed by atoms with van der Waals surface area (Å²) in [6.45, 7) is 1.81. The van der Waals surface area contributed by atoms with Crippen LogP contribution in [0.15, 0.2) is 46.1 Å². The second-order valence-electron chi connectivity index (χ2n) is 6.74. The van der Waals surface area contributed by atoms with E-state index in [2.05, 4.69) is 67.1 Å². The van der Waals surface area contributed by atoms with Gasteiger partial charge in [0.1, 0.15) is 0 Å². The lowest BCUT2D eigenvalue weighted by Crippen LogP contribution is -2.41. The Morgan fingerprint density at radius 2 is 2.12 bits per heavy atom. The molecule has 1 heterocycles. The average Bonchev–Trinajstić information content (AvgIpc) is 3.29. The van der Waals surface area contributed by atoms with Gasteiger partial charge in [-0.15, -0.1) is 0 Å². The Balaban J connectivity index is 1.44. The molecule has 6 heteroatoms. The molecule has 0 amide bonds. The number of aryl methyl sites for hydroxylation is 2. The summed E-state index contributed by atoms with van der Waals surface area (Å²) in [6, 6.07) is 8.54. The first-order chi connectivity index (χ1) is 12.1. The van der Waals surface area contributed by atoms with Crippen molar-refractivity contribution in [2.24, 2.45) is 12.0 Å². The standard InChI is InChI=1S/C19H26BrN5/c1-21-18(22-11-5-6-15-12-24-25(2)13-15)23-14-19(9-10-19)16-7-3-4-8-17(16)20/h3-4,7-8,12-13H,5-6,9-11,14H2,1-2H3,(H2,21,22,23). The van der Waals surface area contributed by atoms with E-state index in [4.69, 9.17) is 0 Å². The number of hydrogen-bond acceptors (Lipinski definition) is 2. The van der Waals surface area contributed by atoms with E-state index in [0.717, 1.165) is 31.9 Å². The summed E-state index contributed by atoms with van der Waals surface area (Å²) in [6.07, 6.45) is 8.53. The zero-order valence-electron chi connectivity index (χ0n) is 14.9. The van der Waals surface area contributed by atoms with Gasteiger partial charge in [0.25, 0.3) is 0 Å². The molecule has 1 aliphatic rings. The Morgan fingerprint density at radius 3 is 2.76 bits per heavy atom. The number of aliphatic imine (C=N–C) groups is 1. The van der Waals surface area contributed by atoms with Crippen molar-refractivity contribution in [1.29, 1.82) is 0 Å². The fourth-order valence-corrected chi connectivity index (χ4v) is 3.86. The van der Waals surface area contributed by atoms with Crippen LogP contribution in [0.25, 0.3) is 0 Å². The van der Waals surface area contributed by atoms with Crippen LogP contribution < -0.4 is 10.6 Å². The molecule has 0 saturated heterocycles. The minimum atomic E-state index is 0.243. The molecule has 1 fully saturated rings. The molecule has 134 valence electrons. The predicted octanol–water partition coefficient (Wildman–Crippen LogP) is 3.01. The molecule has 2 aromatic rings. The van der Waals surface area contributed by atoms with E-state index in [9.17, 15) is 0 Å². The SMILES string of the molecule is CN=C(NCCCc1cnn(C)c1)NCC1(c2ccccc2Br)CC1. The van der Waals surface area contributed by atoms with Gasteiger partial charge >= 0.3 is 0 Å². The molecule has 0 aliphatic heterocycles. The highest BCUT2D eigenvalue weighted by atomic mass is 79.9. The first-order valence-corrected chi connectivity index (χ1v) is 9.59. The lowest BCUT2D eigenvalue weighted by Gasteiger charge is -2.20. The number of nitrogens with one attached hydrogen (secondary N) is 2. The molecular weight excluding hydrogens is 378 g/mol. The molecule has 25 heavy (non-hydrogen) atoms. The van der Waals surface area contributed by atoms with E-state index < -0.39 is 0 Å². The van der Waals surface area contributed by atoms with Gasteiger partial charge < -0.3 is 10.6 Å². The van der Waals surface area contributed by atoms with E-state index in [1.807, 2.05) is 25.0 Å². The lowest BCUT2D eigenvalue weighted by atomic mass is 9.96. The van der Waals surface area contributed by atoms with Gasteiger partial charge in [0.05, 0.1) is 6.20 Å². The molecule has 1 saturated carbocycles. The zero-order chi connectivity index (χ0) is 17.7. The Hall–Kier alpha value is -1.82. The minimum absolute atomic E-state index is 0.243. The Labute approximate surface area is 158 Å². The quantitative estimate of drug-likeness (QED) is 0.424. The Kier molecular flexibility index (Phi) is 5.78. The van der Waals surface area contributed by atoms with Crippen molar-refractivity contribution >= 4 is 21.9 Å². The van der Waals surface area contributed by atoms with E-state index in [1.165, 1.54) is 28.4 Å². The Bertz CT molecular complexity index is 733. The normalized spacial score (nSPS) is 15.9. The molecule has 0 atom stereocenters. The lowest BCUT2D eigenvalue weighted by molar-refractivity contribution is 0.639. The number of halogens is 1. The van der Waals surface area contributed by atoms with E-state index in [0.29, 0.717) is 0 Å². The van der Waals surface area contributed by atoms with Crippen LogP contribution in [0.1, 0.15) is 30.4 Å². The largest absolute Gasteiger partial charge is 0.356 e. The van der Waals surface area contributed by atoms with Gasteiger partial charge in [-0.05, 0) is 42.9 Å². The van der Waals surface area contributed by atoms with Gasteiger partial charge in [-0.25, -0.2) is 0 Å². The average molecular weight is 404 g/mol. The van der Waals surface area contributed by atoms with Crippen molar-refractivity contribution < 1.29 is 0 Å². The third-order valence-electron chi connectivity index (χ3n) is 4.81. The van der Waals surface area contributed by atoms with E-state index in [-0.39, 0.29) is 5.41 Å². The maximum Gasteiger partial charge on any atom is 0.191 e. The van der Waals surface area contributed by atoms with Crippen LogP contribution in [0.5, 0.6) is 0 Å². The van der Waals surface area contributed by atoms with Gasteiger partial charge in [0.15, 0.2) is 5.96 Å². The highest BCUT2D eigenvalue weighted by Gasteiger charge is 2.45. The van der Waals surface area contributed by atoms with Gasteiger partial charge in [0.2, 0.25) is 0 Å². The van der Waals surface area contributed by atoms with Crippen LogP contribution in [-0.2, 0) is 18.9 Å². The third kappa shape index (κ3) is 4.63. The zero-order valence-corrected chi connectivity index (χ0v) is 16.5. The summed E-state index contributed by atoms with van der Waals surface area (Å²) in [5.74, 6) is 0.879. The second kappa shape index (κ2) is 8.04. The Morgan fingerprint density at radius 1 is 1.32 bits per heavy atom. The number of guanidine groups is 1. The maximum atomic E-state index is 4.35. The number of benzene rings is 1. The predicted molar refractivity (Wildman–Crippen MR) is 106 cm³/mol. The summed E-state index contributed by atoms with van der Waals surface area (Å²) in [7, 11) is 3.78. The fourth-order valence-electron chi connectivity index (χ4n) is 3.16. The maximum absolute atomic E-state index is 4.35. The summed E-state index contributed by atoms with van der Waals surface area (Å²) < 4.78 is 3.05. The smallest absolute Gasteiger partial charge is 0.191 e. The molecule has 0 bridgehead atoms. The van der Waals surface area contributed by atoms with E-state index in [1.54, 1.807) is 0 Å². The van der Waals surface area contributed by atoms with Crippen LogP contribution in [0, 0.1) is 0 Å². The highest BCUT2D eigenvalue weighted by molar-refractivity contribution is 9.10. The van der Waals surface area contributed by atoms with Crippen molar-refractivity contribution in [3.63, 3.8) is 0 Å². The van der Waals surface area contributed by atoms with Gasteiger partial charge in [-0.2, -0.15) is 5.10 Å². The molecule has 0 radical (unpaired) electrons. The van der Waals surface area contributed by atoms with Crippen molar-refractivity contribution in [2.75, 3.05) is 20.1 Å². The monoisotopic (exact) mass is 403 g/mol. The summed E-state index contributed by atoms with van der Waals surface area (Å²) >= 11 is 3.69. The fraction of sp³-hybridized carbons (Fsp3) is 0.474. The third-order valence-corrected chi connectivity index (χ3v) is 5.50. The molecule has 0 spiro atoms. The van der Waals surface area contributed by atoms with Crippen molar-refractivity contribution in [2.45, 2.75) is 31.1 Å². The molecule has 2 N–H and O–H groups in total. The highest BCUT2D eigenvalue weighted by Crippen LogP contribution is 2.49. The van der Waals surface area contributed by atoms with Gasteiger partial charge in [-0.1, -0.05) is 34.1 Å². The number of hydrogen-bond donors (Lipinski definition) is 2. The van der Waals surface area contributed by atoms with Crippen LogP contribution in [0.2, 0.25) is 0 Å². The number of rotatable bonds is 7. The molecule has 3 rings (SSSR count). The minimum Gasteiger partial charge on any atom is -0.356 e. The molecule has 1 aromatic carbocycles. The summed E-state index contributed by atoms with van der Waals surface area (Å²) in [4.78, 5) is 4.35. The van der Waals surface area contributed by atoms with Crippen LogP contribution in [0.4, 0.5) is 0 Å². The van der Waals surface area contributed by atoms with Crippen molar-refractivity contribution in [1.82, 2.24) is 20.4 Å². The van der Waals surface area contributed by atoms with Gasteiger partial charge in [0, 0.05) is 43.3 Å². The summed E-state index contributed by atoms with van der Waals surface area (Å²) in [5, 5.41) is 11.1. The molecule has 1 aliphatic carbocycles. The van der Waals surface area contributed by atoms with Crippen LogP contribution >= 0.6 is 15.9 Å². The second-order valence-corrected chi connectivity index (χ2v) is 7.59. The van der Waals surface area contributed by atoms with Crippen LogP contribution in [-0.4, -0.2) is 35.9 Å². The van der Waals surface area contributed by atoms with Crippen molar-refractivity contribution in [3.8, 4) is 0 Å². The molecule has 5 nitrogen and oxygen atoms in total. The molecular formula is C19H26BrN5. The van der Waals surface area contributed by atoms with Gasteiger partial charge in [-0.3, -0.25) is 9.67 Å². The number of aromatic nitrogens is 2. The first-order valence-electron chi connectivity index (χ1n) is 8.80. The first kappa shape index (κ1) is 18.0. The summed E-state index contributed by atoms with van der Waals surface area (Å²) in [5.41, 5.74) is 2.92. The molecule has 0 unspecified atom stereocenters. The van der Waals surface area contributed by atoms with Crippen LogP contribution in [0.3, 0.4) is 0 Å².